The first kappa shape index (κ1) is 19.9. The number of H-pyrrole nitrogens is 1. The smallest absolute Gasteiger partial charge is 0.324 e. The maximum absolute atomic E-state index is 12.7. The quantitative estimate of drug-likeness (QED) is 0.516. The van der Waals surface area contributed by atoms with Gasteiger partial charge in [-0.2, -0.15) is 5.10 Å². The predicted molar refractivity (Wildman–Crippen MR) is 114 cm³/mol. The number of carbonyl (C=O) groups is 3. The van der Waals surface area contributed by atoms with Gasteiger partial charge in [0.25, 0.3) is 11.5 Å². The second kappa shape index (κ2) is 7.59. The zero-order valence-electron chi connectivity index (χ0n) is 17.1. The summed E-state index contributed by atoms with van der Waals surface area (Å²) < 4.78 is 1.47. The number of benzene rings is 1. The number of aromatic amines is 1. The first-order valence-corrected chi connectivity index (χ1v) is 10.4. The van der Waals surface area contributed by atoms with Crippen LogP contribution in [0.5, 0.6) is 0 Å². The summed E-state index contributed by atoms with van der Waals surface area (Å²) >= 11 is 0. The highest BCUT2D eigenvalue weighted by atomic mass is 16.2. The zero-order valence-corrected chi connectivity index (χ0v) is 17.1. The van der Waals surface area contributed by atoms with Gasteiger partial charge in [0.2, 0.25) is 5.91 Å². The molecule has 2 fully saturated rings. The maximum atomic E-state index is 12.7. The van der Waals surface area contributed by atoms with Gasteiger partial charge in [-0.3, -0.25) is 19.3 Å². The molecule has 4 amide bonds. The van der Waals surface area contributed by atoms with E-state index in [0.717, 1.165) is 17.7 Å². The zero-order chi connectivity index (χ0) is 22.3. The molecular weight excluding hydrogens is 414 g/mol. The molecule has 0 bridgehead atoms. The van der Waals surface area contributed by atoms with E-state index in [9.17, 15) is 19.2 Å². The van der Waals surface area contributed by atoms with Crippen molar-refractivity contribution in [3.8, 4) is 5.69 Å². The van der Waals surface area contributed by atoms with Crippen molar-refractivity contribution in [3.05, 3.63) is 47.1 Å². The van der Waals surface area contributed by atoms with Crippen molar-refractivity contribution in [1.82, 2.24) is 30.0 Å². The molecule has 5 rings (SSSR count). The lowest BCUT2D eigenvalue weighted by atomic mass is 9.98. The first-order chi connectivity index (χ1) is 15.5. The van der Waals surface area contributed by atoms with Gasteiger partial charge in [-0.25, -0.2) is 14.5 Å². The summed E-state index contributed by atoms with van der Waals surface area (Å²) in [5.41, 5.74) is 0.266. The van der Waals surface area contributed by atoms with Crippen LogP contribution < -0.4 is 16.2 Å². The summed E-state index contributed by atoms with van der Waals surface area (Å²) in [4.78, 5) is 57.5. The molecule has 0 radical (unpaired) electrons. The van der Waals surface area contributed by atoms with Crippen LogP contribution in [0.25, 0.3) is 16.7 Å². The second-order valence-corrected chi connectivity index (χ2v) is 8.02. The number of urea groups is 1. The van der Waals surface area contributed by atoms with Crippen LogP contribution in [0.15, 0.2) is 41.6 Å². The van der Waals surface area contributed by atoms with Crippen molar-refractivity contribution < 1.29 is 14.4 Å². The number of para-hydroxylation sites is 2. The molecule has 1 aromatic carbocycles. The molecule has 2 aromatic heterocycles. The Morgan fingerprint density at radius 2 is 1.94 bits per heavy atom. The van der Waals surface area contributed by atoms with Crippen molar-refractivity contribution in [1.29, 1.82) is 0 Å². The van der Waals surface area contributed by atoms with E-state index in [2.05, 4.69) is 25.7 Å². The van der Waals surface area contributed by atoms with E-state index in [1.165, 1.54) is 17.2 Å². The minimum atomic E-state index is -0.786. The van der Waals surface area contributed by atoms with Gasteiger partial charge in [0.15, 0.2) is 5.65 Å². The Morgan fingerprint density at radius 3 is 2.75 bits per heavy atom. The molecular formula is C21H21N7O4. The number of aromatic nitrogens is 4. The molecule has 2 aliphatic rings. The van der Waals surface area contributed by atoms with Gasteiger partial charge in [-0.15, -0.1) is 0 Å². The van der Waals surface area contributed by atoms with Crippen LogP contribution in [0.4, 0.5) is 10.5 Å². The third-order valence-electron chi connectivity index (χ3n) is 6.04. The minimum absolute atomic E-state index is 0.00203. The second-order valence-electron chi connectivity index (χ2n) is 8.02. The van der Waals surface area contributed by atoms with Gasteiger partial charge in [0, 0.05) is 13.0 Å². The van der Waals surface area contributed by atoms with Gasteiger partial charge in [-0.05, 0) is 25.0 Å². The fourth-order valence-corrected chi connectivity index (χ4v) is 4.42. The van der Waals surface area contributed by atoms with E-state index >= 15 is 0 Å². The summed E-state index contributed by atoms with van der Waals surface area (Å²) in [6.07, 6.45) is 5.75. The summed E-state index contributed by atoms with van der Waals surface area (Å²) in [5, 5.41) is 10.2. The Hall–Kier alpha value is -4.02. The Balaban J connectivity index is 1.32. The average Bonchev–Trinajstić information content (AvgIpc) is 3.47. The van der Waals surface area contributed by atoms with E-state index in [4.69, 9.17) is 0 Å². The number of rotatable bonds is 5. The number of nitrogens with one attached hydrogen (secondary N) is 3. The molecule has 1 aliphatic carbocycles. The lowest BCUT2D eigenvalue weighted by molar-refractivity contribution is -0.131. The summed E-state index contributed by atoms with van der Waals surface area (Å²) in [5.74, 6) is -0.597. The van der Waals surface area contributed by atoms with Crippen LogP contribution in [-0.2, 0) is 9.59 Å². The Labute approximate surface area is 181 Å². The van der Waals surface area contributed by atoms with Crippen molar-refractivity contribution in [2.45, 2.75) is 37.6 Å². The van der Waals surface area contributed by atoms with E-state index in [1.807, 2.05) is 0 Å². The van der Waals surface area contributed by atoms with Gasteiger partial charge < -0.3 is 15.6 Å². The molecule has 32 heavy (non-hydrogen) atoms. The first-order valence-electron chi connectivity index (χ1n) is 10.4. The van der Waals surface area contributed by atoms with Gasteiger partial charge in [-0.1, -0.05) is 25.0 Å². The van der Waals surface area contributed by atoms with Crippen molar-refractivity contribution in [2.75, 3.05) is 11.9 Å². The third-order valence-corrected chi connectivity index (χ3v) is 6.04. The van der Waals surface area contributed by atoms with Crippen molar-refractivity contribution >= 4 is 34.6 Å². The Kier molecular flexibility index (Phi) is 4.72. The lowest BCUT2D eigenvalue weighted by Gasteiger charge is -2.20. The number of carbonyl (C=O) groups excluding carboxylic acids is 3. The molecule has 0 unspecified atom stereocenters. The third kappa shape index (κ3) is 3.22. The molecule has 1 aliphatic heterocycles. The van der Waals surface area contributed by atoms with Crippen LogP contribution in [0.1, 0.15) is 32.1 Å². The number of anilines is 1. The number of hydrogen-bond acceptors (Lipinski definition) is 6. The number of nitrogens with zero attached hydrogens (tertiary/aromatic N) is 4. The van der Waals surface area contributed by atoms with Crippen LogP contribution in [0.3, 0.4) is 0 Å². The predicted octanol–water partition coefficient (Wildman–Crippen LogP) is 1.30. The molecule has 11 heteroatoms. The summed E-state index contributed by atoms with van der Waals surface area (Å²) in [6.45, 7) is 0.00203. The van der Waals surface area contributed by atoms with E-state index in [0.29, 0.717) is 35.2 Å². The van der Waals surface area contributed by atoms with Gasteiger partial charge in [0.05, 0.1) is 23.9 Å². The maximum Gasteiger partial charge on any atom is 0.325 e. The summed E-state index contributed by atoms with van der Waals surface area (Å²) in [7, 11) is 0. The highest BCUT2D eigenvalue weighted by Gasteiger charge is 2.52. The summed E-state index contributed by atoms with van der Waals surface area (Å²) in [6, 6.07) is 6.54. The highest BCUT2D eigenvalue weighted by molar-refractivity contribution is 6.07. The van der Waals surface area contributed by atoms with Crippen LogP contribution >= 0.6 is 0 Å². The highest BCUT2D eigenvalue weighted by Crippen LogP contribution is 2.35. The topological polar surface area (TPSA) is 142 Å². The molecule has 0 atom stereocenters. The van der Waals surface area contributed by atoms with E-state index < -0.39 is 11.6 Å². The Morgan fingerprint density at radius 1 is 1.16 bits per heavy atom. The molecule has 3 N–H and O–H groups in total. The molecule has 1 saturated heterocycles. The number of hydrogen-bond donors (Lipinski definition) is 3. The molecule has 11 nitrogen and oxygen atoms in total. The lowest BCUT2D eigenvalue weighted by Crippen LogP contribution is -2.44. The molecule has 3 heterocycles. The number of amides is 4. The molecule has 1 saturated carbocycles. The van der Waals surface area contributed by atoms with Crippen molar-refractivity contribution in [2.24, 2.45) is 0 Å². The number of fused-ring (bicyclic) bond motifs is 1. The van der Waals surface area contributed by atoms with Crippen LogP contribution in [-0.4, -0.2) is 54.6 Å². The normalized spacial score (nSPS) is 17.3. The minimum Gasteiger partial charge on any atom is -0.324 e. The monoisotopic (exact) mass is 435 g/mol. The van der Waals surface area contributed by atoms with Crippen LogP contribution in [0, 0.1) is 0 Å². The fraction of sp³-hybridized carbons (Fsp3) is 0.333. The Bertz CT molecular complexity index is 1290. The molecule has 164 valence electrons. The van der Waals surface area contributed by atoms with Crippen molar-refractivity contribution in [3.63, 3.8) is 0 Å². The molecule has 3 aromatic rings. The fourth-order valence-electron chi connectivity index (χ4n) is 4.42. The van der Waals surface area contributed by atoms with Gasteiger partial charge in [0.1, 0.15) is 10.9 Å². The van der Waals surface area contributed by atoms with Gasteiger partial charge >= 0.3 is 6.03 Å². The SMILES string of the molecule is O=C(CCN1C(=O)NC2(CCCC2)C1=O)Nc1ccccc1-n1ncc2c(=O)[nH]cnc21. The van der Waals surface area contributed by atoms with Crippen LogP contribution in [0.2, 0.25) is 0 Å². The van der Waals surface area contributed by atoms with E-state index in [1.54, 1.807) is 24.3 Å². The van der Waals surface area contributed by atoms with E-state index in [-0.39, 0.29) is 30.3 Å². The largest absolute Gasteiger partial charge is 0.325 e. The average molecular weight is 435 g/mol. The number of imide groups is 1. The standard InChI is InChI=1S/C21H21N7O4/c29-16(7-10-27-19(31)21(26-20(27)32)8-3-4-9-21)25-14-5-1-2-6-15(14)28-17-13(11-24-28)18(30)23-12-22-17/h1-2,5-6,11-12H,3-4,7-10H2,(H,25,29)(H,26,32)(H,22,23,30). The molecule has 1 spiro atoms.